The van der Waals surface area contributed by atoms with Crippen molar-refractivity contribution in [2.24, 2.45) is 0 Å². The molecule has 1 fully saturated rings. The number of carboxylic acid groups (broad SMARTS) is 1. The van der Waals surface area contributed by atoms with Crippen LogP contribution in [-0.2, 0) is 9.53 Å². The van der Waals surface area contributed by atoms with Crippen LogP contribution in [0.15, 0.2) is 0 Å². The molecule has 0 bridgehead atoms. The summed E-state index contributed by atoms with van der Waals surface area (Å²) < 4.78 is 5.29. The fourth-order valence-corrected chi connectivity index (χ4v) is 2.36. The molecule has 0 radical (unpaired) electrons. The molecule has 1 rings (SSSR count). The SMILES string of the molecule is CCOCCN(CC)C(=O)N1CCN(C(C)C(=O)O)CC1. The van der Waals surface area contributed by atoms with Crippen molar-refractivity contribution in [3.63, 3.8) is 0 Å². The van der Waals surface area contributed by atoms with Gasteiger partial charge in [-0.25, -0.2) is 4.79 Å². The molecule has 7 nitrogen and oxygen atoms in total. The maximum Gasteiger partial charge on any atom is 0.320 e. The zero-order chi connectivity index (χ0) is 15.8. The minimum Gasteiger partial charge on any atom is -0.480 e. The quantitative estimate of drug-likeness (QED) is 0.695. The van der Waals surface area contributed by atoms with Crippen LogP contribution in [0.4, 0.5) is 4.79 Å². The Kier molecular flexibility index (Phi) is 7.45. The smallest absolute Gasteiger partial charge is 0.320 e. The summed E-state index contributed by atoms with van der Waals surface area (Å²) in [5.74, 6) is -0.818. The third-order valence-corrected chi connectivity index (χ3v) is 3.85. The Hall–Kier alpha value is -1.34. The molecule has 0 aromatic heterocycles. The Morgan fingerprint density at radius 3 is 2.33 bits per heavy atom. The summed E-state index contributed by atoms with van der Waals surface area (Å²) in [5, 5.41) is 9.01. The van der Waals surface area contributed by atoms with Crippen LogP contribution < -0.4 is 0 Å². The lowest BCUT2D eigenvalue weighted by Gasteiger charge is -2.38. The van der Waals surface area contributed by atoms with Crippen molar-refractivity contribution in [2.75, 3.05) is 52.5 Å². The van der Waals surface area contributed by atoms with E-state index in [9.17, 15) is 9.59 Å². The lowest BCUT2D eigenvalue weighted by atomic mass is 10.2. The molecule has 2 amide bonds. The van der Waals surface area contributed by atoms with Crippen LogP contribution in [0.1, 0.15) is 20.8 Å². The molecule has 0 saturated carbocycles. The first-order valence-electron chi connectivity index (χ1n) is 7.59. The number of ether oxygens (including phenoxy) is 1. The number of urea groups is 1. The van der Waals surface area contributed by atoms with E-state index in [1.807, 2.05) is 18.7 Å². The number of rotatable bonds is 7. The van der Waals surface area contributed by atoms with Crippen molar-refractivity contribution in [1.29, 1.82) is 0 Å². The van der Waals surface area contributed by atoms with Gasteiger partial charge in [-0.15, -0.1) is 0 Å². The van der Waals surface area contributed by atoms with Gasteiger partial charge in [-0.1, -0.05) is 0 Å². The molecule has 1 N–H and O–H groups in total. The maximum atomic E-state index is 12.4. The second-order valence-corrected chi connectivity index (χ2v) is 5.10. The maximum absolute atomic E-state index is 12.4. The Morgan fingerprint density at radius 1 is 1.24 bits per heavy atom. The fourth-order valence-electron chi connectivity index (χ4n) is 2.36. The molecular weight excluding hydrogens is 274 g/mol. The lowest BCUT2D eigenvalue weighted by Crippen LogP contribution is -2.56. The molecule has 1 unspecified atom stereocenters. The first kappa shape index (κ1) is 17.7. The average Bonchev–Trinajstić information content (AvgIpc) is 2.50. The van der Waals surface area contributed by atoms with Gasteiger partial charge in [0.15, 0.2) is 0 Å². The van der Waals surface area contributed by atoms with Crippen LogP contribution in [0, 0.1) is 0 Å². The molecular formula is C14H27N3O4. The number of hydrogen-bond acceptors (Lipinski definition) is 4. The van der Waals surface area contributed by atoms with Gasteiger partial charge in [-0.05, 0) is 20.8 Å². The van der Waals surface area contributed by atoms with E-state index in [4.69, 9.17) is 9.84 Å². The highest BCUT2D eigenvalue weighted by atomic mass is 16.5. The predicted octanol–water partition coefficient (Wildman–Crippen LogP) is 0.556. The normalized spacial score (nSPS) is 17.6. The first-order valence-corrected chi connectivity index (χ1v) is 7.59. The number of hydrogen-bond donors (Lipinski definition) is 1. The minimum absolute atomic E-state index is 0.0137. The van der Waals surface area contributed by atoms with Crippen LogP contribution in [0.2, 0.25) is 0 Å². The van der Waals surface area contributed by atoms with E-state index >= 15 is 0 Å². The first-order chi connectivity index (χ1) is 10.0. The third kappa shape index (κ3) is 5.17. The second kappa shape index (κ2) is 8.84. The summed E-state index contributed by atoms with van der Waals surface area (Å²) in [6.45, 7) is 10.3. The molecule has 21 heavy (non-hydrogen) atoms. The van der Waals surface area contributed by atoms with Gasteiger partial charge in [0, 0.05) is 45.9 Å². The molecule has 0 aromatic rings. The Bertz CT molecular complexity index is 343. The van der Waals surface area contributed by atoms with E-state index < -0.39 is 12.0 Å². The van der Waals surface area contributed by atoms with Gasteiger partial charge in [0.25, 0.3) is 0 Å². The van der Waals surface area contributed by atoms with Gasteiger partial charge in [0.05, 0.1) is 6.61 Å². The van der Waals surface area contributed by atoms with Crippen LogP contribution in [0.3, 0.4) is 0 Å². The Morgan fingerprint density at radius 2 is 1.86 bits per heavy atom. The van der Waals surface area contributed by atoms with Gasteiger partial charge >= 0.3 is 12.0 Å². The molecule has 0 spiro atoms. The van der Waals surface area contributed by atoms with E-state index in [0.29, 0.717) is 52.5 Å². The highest BCUT2D eigenvalue weighted by molar-refractivity contribution is 5.75. The molecule has 0 aromatic carbocycles. The highest BCUT2D eigenvalue weighted by Crippen LogP contribution is 2.09. The fraction of sp³-hybridized carbons (Fsp3) is 0.857. The minimum atomic E-state index is -0.818. The summed E-state index contributed by atoms with van der Waals surface area (Å²) in [7, 11) is 0. The number of carbonyl (C=O) groups is 2. The van der Waals surface area contributed by atoms with E-state index in [-0.39, 0.29) is 6.03 Å². The summed E-state index contributed by atoms with van der Waals surface area (Å²) in [6.07, 6.45) is 0. The van der Waals surface area contributed by atoms with E-state index in [1.165, 1.54) is 0 Å². The second-order valence-electron chi connectivity index (χ2n) is 5.10. The number of nitrogens with zero attached hydrogens (tertiary/aromatic N) is 3. The molecule has 1 saturated heterocycles. The van der Waals surface area contributed by atoms with Crippen LogP contribution in [0.25, 0.3) is 0 Å². The monoisotopic (exact) mass is 301 g/mol. The zero-order valence-electron chi connectivity index (χ0n) is 13.2. The molecule has 1 aliphatic rings. The average molecular weight is 301 g/mol. The molecule has 7 heteroatoms. The Labute approximate surface area is 126 Å². The molecule has 122 valence electrons. The van der Waals surface area contributed by atoms with Crippen molar-refractivity contribution >= 4 is 12.0 Å². The van der Waals surface area contributed by atoms with Gasteiger partial charge in [-0.3, -0.25) is 9.69 Å². The number of piperazine rings is 1. The number of likely N-dealkylation sites (N-methyl/N-ethyl adjacent to an activating group) is 1. The lowest BCUT2D eigenvalue weighted by molar-refractivity contribution is -0.143. The number of carboxylic acids is 1. The standard InChI is InChI=1S/C14H27N3O4/c1-4-15(10-11-21-5-2)14(20)17-8-6-16(7-9-17)12(3)13(18)19/h12H,4-11H2,1-3H3,(H,18,19). The summed E-state index contributed by atoms with van der Waals surface area (Å²) in [6, 6.07) is -0.484. The largest absolute Gasteiger partial charge is 0.480 e. The molecule has 1 atom stereocenters. The van der Waals surface area contributed by atoms with Crippen molar-refractivity contribution in [3.05, 3.63) is 0 Å². The van der Waals surface area contributed by atoms with Gasteiger partial charge < -0.3 is 19.6 Å². The number of carbonyl (C=O) groups excluding carboxylic acids is 1. The van der Waals surface area contributed by atoms with Gasteiger partial charge in [0.1, 0.15) is 6.04 Å². The van der Waals surface area contributed by atoms with Crippen molar-refractivity contribution in [3.8, 4) is 0 Å². The zero-order valence-corrected chi connectivity index (χ0v) is 13.2. The highest BCUT2D eigenvalue weighted by Gasteiger charge is 2.28. The van der Waals surface area contributed by atoms with Gasteiger partial charge in [-0.2, -0.15) is 0 Å². The summed E-state index contributed by atoms with van der Waals surface area (Å²) in [4.78, 5) is 28.8. The number of aliphatic carboxylic acids is 1. The van der Waals surface area contributed by atoms with Crippen LogP contribution in [0.5, 0.6) is 0 Å². The third-order valence-electron chi connectivity index (χ3n) is 3.85. The van der Waals surface area contributed by atoms with E-state index in [2.05, 4.69) is 0 Å². The molecule has 1 heterocycles. The molecule has 0 aliphatic carbocycles. The van der Waals surface area contributed by atoms with Crippen molar-refractivity contribution in [1.82, 2.24) is 14.7 Å². The van der Waals surface area contributed by atoms with Crippen LogP contribution in [-0.4, -0.2) is 90.3 Å². The van der Waals surface area contributed by atoms with Gasteiger partial charge in [0.2, 0.25) is 0 Å². The van der Waals surface area contributed by atoms with Crippen LogP contribution >= 0.6 is 0 Å². The van der Waals surface area contributed by atoms with E-state index in [0.717, 1.165) is 0 Å². The Balaban J connectivity index is 2.44. The summed E-state index contributed by atoms with van der Waals surface area (Å²) in [5.41, 5.74) is 0. The summed E-state index contributed by atoms with van der Waals surface area (Å²) >= 11 is 0. The topological polar surface area (TPSA) is 73.3 Å². The van der Waals surface area contributed by atoms with E-state index in [1.54, 1.807) is 16.7 Å². The molecule has 1 aliphatic heterocycles. The van der Waals surface area contributed by atoms with Crippen molar-refractivity contribution in [2.45, 2.75) is 26.8 Å². The predicted molar refractivity (Wildman–Crippen MR) is 79.4 cm³/mol. The number of amides is 2. The van der Waals surface area contributed by atoms with Crippen molar-refractivity contribution < 1.29 is 19.4 Å².